The summed E-state index contributed by atoms with van der Waals surface area (Å²) in [5.74, 6) is 1.76. The van der Waals surface area contributed by atoms with Crippen molar-refractivity contribution in [1.82, 2.24) is 14.8 Å². The summed E-state index contributed by atoms with van der Waals surface area (Å²) in [5.41, 5.74) is 3.99. The quantitative estimate of drug-likeness (QED) is 0.386. The van der Waals surface area contributed by atoms with Crippen molar-refractivity contribution in [3.63, 3.8) is 0 Å². The first kappa shape index (κ1) is 22.5. The van der Waals surface area contributed by atoms with Crippen LogP contribution in [0.2, 0.25) is 0 Å². The van der Waals surface area contributed by atoms with Crippen LogP contribution in [-0.4, -0.2) is 34.9 Å². The van der Waals surface area contributed by atoms with Crippen LogP contribution in [0.4, 0.5) is 5.82 Å². The molecule has 8 heteroatoms. The molecule has 0 radical (unpaired) electrons. The monoisotopic (exact) mass is 462 g/mol. The van der Waals surface area contributed by atoms with Crippen LogP contribution in [0.1, 0.15) is 23.7 Å². The summed E-state index contributed by atoms with van der Waals surface area (Å²) in [7, 11) is 3.21. The maximum atomic E-state index is 12.7. The number of rotatable bonds is 9. The van der Waals surface area contributed by atoms with Gasteiger partial charge in [0.05, 0.1) is 39.1 Å². The number of benzene rings is 2. The fraction of sp³-hybridized carbons (Fsp3) is 0.240. The van der Waals surface area contributed by atoms with Crippen molar-refractivity contribution in [3.8, 4) is 22.1 Å². The Morgan fingerprint density at radius 3 is 2.64 bits per heavy atom. The number of aryl methyl sites for hydroxylation is 1. The van der Waals surface area contributed by atoms with Gasteiger partial charge in [0.25, 0.3) is 0 Å². The predicted molar refractivity (Wildman–Crippen MR) is 130 cm³/mol. The Labute approximate surface area is 197 Å². The lowest BCUT2D eigenvalue weighted by Crippen LogP contribution is -2.18. The molecule has 0 aliphatic heterocycles. The minimum atomic E-state index is -0.146. The first-order chi connectivity index (χ1) is 16.1. The van der Waals surface area contributed by atoms with Crippen molar-refractivity contribution in [2.75, 3.05) is 19.5 Å². The highest BCUT2D eigenvalue weighted by atomic mass is 32.1. The molecule has 0 unspecified atom stereocenters. The van der Waals surface area contributed by atoms with Gasteiger partial charge in [-0.05, 0) is 18.1 Å². The molecule has 0 atom stereocenters. The first-order valence-corrected chi connectivity index (χ1v) is 11.5. The number of thiazole rings is 1. The number of para-hydroxylation sites is 1. The van der Waals surface area contributed by atoms with E-state index in [1.54, 1.807) is 42.5 Å². The minimum absolute atomic E-state index is 0.146. The summed E-state index contributed by atoms with van der Waals surface area (Å²) in [4.78, 5) is 17.3. The van der Waals surface area contributed by atoms with E-state index in [1.165, 1.54) is 5.56 Å². The Bertz CT molecular complexity index is 1230. The molecule has 0 aliphatic carbocycles. The fourth-order valence-corrected chi connectivity index (χ4v) is 4.39. The summed E-state index contributed by atoms with van der Waals surface area (Å²) in [6.07, 6.45) is 2.85. The molecule has 1 amide bonds. The number of amides is 1. The predicted octanol–water partition coefficient (Wildman–Crippen LogP) is 4.82. The number of carbonyl (C=O) groups excluding carboxylic acids is 1. The summed E-state index contributed by atoms with van der Waals surface area (Å²) in [6.45, 7) is 2.56. The maximum absolute atomic E-state index is 12.7. The lowest BCUT2D eigenvalue weighted by Gasteiger charge is -2.14. The number of hydrogen-bond donors (Lipinski definition) is 1. The van der Waals surface area contributed by atoms with Gasteiger partial charge >= 0.3 is 0 Å². The highest BCUT2D eigenvalue weighted by Crippen LogP contribution is 2.31. The third-order valence-electron chi connectivity index (χ3n) is 5.29. The first-order valence-electron chi connectivity index (χ1n) is 10.7. The number of methoxy groups -OCH3 is 2. The standard InChI is InChI=1S/C25H26N4O3S/c1-4-17-8-10-18(11-9-17)25-27-20(16-33-25)14-23(30)28-22-12-13-26-29(22)15-19-6-5-7-21(31-2)24(19)32-3/h5-13,16H,4,14-15H2,1-3H3,(H,28,30). The molecule has 0 saturated carbocycles. The van der Waals surface area contributed by atoms with Gasteiger partial charge < -0.3 is 14.8 Å². The van der Waals surface area contributed by atoms with Crippen molar-refractivity contribution in [3.05, 3.63) is 76.9 Å². The van der Waals surface area contributed by atoms with Crippen molar-refractivity contribution >= 4 is 23.1 Å². The van der Waals surface area contributed by atoms with E-state index in [2.05, 4.69) is 46.6 Å². The summed E-state index contributed by atoms with van der Waals surface area (Å²) < 4.78 is 12.6. The second-order valence-electron chi connectivity index (χ2n) is 7.45. The number of anilines is 1. The van der Waals surface area contributed by atoms with Crippen molar-refractivity contribution in [2.45, 2.75) is 26.3 Å². The minimum Gasteiger partial charge on any atom is -0.493 e. The Kier molecular flexibility index (Phi) is 7.04. The number of hydrogen-bond acceptors (Lipinski definition) is 6. The number of carbonyl (C=O) groups is 1. The lowest BCUT2D eigenvalue weighted by molar-refractivity contribution is -0.115. The largest absolute Gasteiger partial charge is 0.493 e. The smallest absolute Gasteiger partial charge is 0.231 e. The van der Waals surface area contributed by atoms with E-state index in [9.17, 15) is 4.79 Å². The number of nitrogens with one attached hydrogen (secondary N) is 1. The van der Waals surface area contributed by atoms with Gasteiger partial charge in [-0.2, -0.15) is 5.10 Å². The number of aromatic nitrogens is 3. The van der Waals surface area contributed by atoms with Crippen LogP contribution in [-0.2, 0) is 24.2 Å². The molecule has 0 fully saturated rings. The normalized spacial score (nSPS) is 10.8. The van der Waals surface area contributed by atoms with Crippen molar-refractivity contribution in [2.24, 2.45) is 0 Å². The van der Waals surface area contributed by atoms with Crippen LogP contribution in [0.25, 0.3) is 10.6 Å². The molecule has 7 nitrogen and oxygen atoms in total. The molecule has 0 spiro atoms. The van der Waals surface area contributed by atoms with Gasteiger partial charge in [0.1, 0.15) is 10.8 Å². The van der Waals surface area contributed by atoms with E-state index in [0.29, 0.717) is 23.9 Å². The van der Waals surface area contributed by atoms with Gasteiger partial charge in [-0.25, -0.2) is 9.67 Å². The molecule has 0 aliphatic rings. The zero-order chi connectivity index (χ0) is 23.2. The molecule has 4 aromatic rings. The molecule has 2 aromatic heterocycles. The number of nitrogens with zero attached hydrogens (tertiary/aromatic N) is 3. The Hall–Kier alpha value is -3.65. The molecule has 1 N–H and O–H groups in total. The molecular formula is C25H26N4O3S. The highest BCUT2D eigenvalue weighted by Gasteiger charge is 2.14. The molecule has 0 bridgehead atoms. The Morgan fingerprint density at radius 2 is 1.91 bits per heavy atom. The van der Waals surface area contributed by atoms with Crippen LogP contribution in [0.15, 0.2) is 60.1 Å². The van der Waals surface area contributed by atoms with Gasteiger partial charge in [-0.15, -0.1) is 11.3 Å². The van der Waals surface area contributed by atoms with Crippen molar-refractivity contribution in [1.29, 1.82) is 0 Å². The van der Waals surface area contributed by atoms with Gasteiger partial charge in [-0.1, -0.05) is 43.3 Å². The second-order valence-corrected chi connectivity index (χ2v) is 8.30. The summed E-state index contributed by atoms with van der Waals surface area (Å²) in [6, 6.07) is 15.8. The number of ether oxygens (including phenoxy) is 2. The molecule has 4 rings (SSSR count). The van der Waals surface area contributed by atoms with Crippen molar-refractivity contribution < 1.29 is 14.3 Å². The van der Waals surface area contributed by atoms with Crippen LogP contribution < -0.4 is 14.8 Å². The summed E-state index contributed by atoms with van der Waals surface area (Å²) >= 11 is 1.54. The lowest BCUT2D eigenvalue weighted by atomic mass is 10.1. The zero-order valence-electron chi connectivity index (χ0n) is 18.9. The molecule has 2 aromatic carbocycles. The fourth-order valence-electron chi connectivity index (χ4n) is 3.56. The Morgan fingerprint density at radius 1 is 1.09 bits per heavy atom. The van der Waals surface area contributed by atoms with E-state index < -0.39 is 0 Å². The molecule has 170 valence electrons. The average Bonchev–Trinajstić information content (AvgIpc) is 3.48. The Balaban J connectivity index is 1.43. The van der Waals surface area contributed by atoms with E-state index in [4.69, 9.17) is 9.47 Å². The van der Waals surface area contributed by atoms with E-state index in [1.807, 2.05) is 23.6 Å². The maximum Gasteiger partial charge on any atom is 0.231 e. The third-order valence-corrected chi connectivity index (χ3v) is 6.23. The molecular weight excluding hydrogens is 436 g/mol. The van der Waals surface area contributed by atoms with Crippen LogP contribution in [0.3, 0.4) is 0 Å². The van der Waals surface area contributed by atoms with E-state index >= 15 is 0 Å². The molecule has 0 saturated heterocycles. The average molecular weight is 463 g/mol. The van der Waals surface area contributed by atoms with Gasteiger partial charge in [0.15, 0.2) is 11.5 Å². The van der Waals surface area contributed by atoms with Crippen LogP contribution >= 0.6 is 11.3 Å². The van der Waals surface area contributed by atoms with Crippen LogP contribution in [0, 0.1) is 0 Å². The SMILES string of the molecule is CCc1ccc(-c2nc(CC(=O)Nc3ccnn3Cc3cccc(OC)c3OC)cs2)cc1. The third kappa shape index (κ3) is 5.23. The molecule has 33 heavy (non-hydrogen) atoms. The van der Waals surface area contributed by atoms with Gasteiger partial charge in [0.2, 0.25) is 5.91 Å². The zero-order valence-corrected chi connectivity index (χ0v) is 19.7. The van der Waals surface area contributed by atoms with Gasteiger partial charge in [0, 0.05) is 22.6 Å². The van der Waals surface area contributed by atoms with E-state index in [-0.39, 0.29) is 12.3 Å². The van der Waals surface area contributed by atoms with Crippen LogP contribution in [0.5, 0.6) is 11.5 Å². The topological polar surface area (TPSA) is 78.3 Å². The van der Waals surface area contributed by atoms with E-state index in [0.717, 1.165) is 28.2 Å². The van der Waals surface area contributed by atoms with Gasteiger partial charge in [-0.3, -0.25) is 4.79 Å². The summed E-state index contributed by atoms with van der Waals surface area (Å²) in [5, 5.41) is 10.1. The molecule has 2 heterocycles. The second kappa shape index (κ2) is 10.3. The highest BCUT2D eigenvalue weighted by molar-refractivity contribution is 7.13.